The highest BCUT2D eigenvalue weighted by molar-refractivity contribution is 5.71. The Bertz CT molecular complexity index is 1420. The van der Waals surface area contributed by atoms with Crippen molar-refractivity contribution in [3.05, 3.63) is 109 Å². The number of hydrogen-bond acceptors (Lipinski definition) is 6. The Balaban J connectivity index is 4.53. The van der Waals surface area contributed by atoms with Crippen molar-refractivity contribution in [2.24, 2.45) is 0 Å². The first kappa shape index (κ1) is 65.1. The molecule has 0 aliphatic rings. The number of unbranched alkanes of at least 4 members (excludes halogenated alkanes) is 24. The normalized spacial score (nSPS) is 12.9. The molecule has 392 valence electrons. The van der Waals surface area contributed by atoms with Gasteiger partial charge in [0.15, 0.2) is 6.10 Å². The Morgan fingerprint density at radius 2 is 0.638 bits per heavy atom. The third-order valence-corrected chi connectivity index (χ3v) is 11.9. The largest absolute Gasteiger partial charge is 0.462 e. The topological polar surface area (TPSA) is 78.9 Å². The molecule has 0 amide bonds. The Kier molecular flexibility index (Phi) is 53.4. The van der Waals surface area contributed by atoms with Crippen LogP contribution >= 0.6 is 0 Å². The van der Waals surface area contributed by atoms with Gasteiger partial charge in [0.25, 0.3) is 0 Å². The van der Waals surface area contributed by atoms with Gasteiger partial charge in [0.1, 0.15) is 13.2 Å². The number of carbonyl (C=O) groups is 3. The molecule has 0 aromatic rings. The second kappa shape index (κ2) is 56.7. The summed E-state index contributed by atoms with van der Waals surface area (Å²) in [5, 5.41) is 0. The van der Waals surface area contributed by atoms with Gasteiger partial charge in [-0.25, -0.2) is 0 Å². The zero-order valence-electron chi connectivity index (χ0n) is 44.8. The van der Waals surface area contributed by atoms with Crippen molar-refractivity contribution in [1.29, 1.82) is 0 Å². The molecule has 0 aliphatic heterocycles. The summed E-state index contributed by atoms with van der Waals surface area (Å²) >= 11 is 0. The monoisotopic (exact) mass is 957 g/mol. The van der Waals surface area contributed by atoms with E-state index in [0.717, 1.165) is 103 Å². The fraction of sp³-hybridized carbons (Fsp3) is 0.667. The molecule has 0 spiro atoms. The summed E-state index contributed by atoms with van der Waals surface area (Å²) in [5.41, 5.74) is 0. The zero-order chi connectivity index (χ0) is 50.0. The maximum atomic E-state index is 12.8. The first-order chi connectivity index (χ1) is 34.0. The van der Waals surface area contributed by atoms with Crippen LogP contribution in [0.5, 0.6) is 0 Å². The number of hydrogen-bond donors (Lipinski definition) is 0. The lowest BCUT2D eigenvalue weighted by atomic mass is 10.0. The highest BCUT2D eigenvalue weighted by Gasteiger charge is 2.19. The SMILES string of the molecule is CC/C=C\C/C=C\C/C=C\C/C=C\C/C=C\CCCC(=O)OC(COC(=O)CCCCCCC\C=C/C=C\C=C/C=C\CCCCC)COC(=O)CCCCCCCCCCCCCCCCCC. The van der Waals surface area contributed by atoms with Crippen molar-refractivity contribution in [2.45, 2.75) is 258 Å². The Morgan fingerprint density at radius 3 is 1.07 bits per heavy atom. The van der Waals surface area contributed by atoms with E-state index in [1.807, 2.05) is 0 Å². The number of esters is 3. The fourth-order valence-corrected chi connectivity index (χ4v) is 7.61. The Morgan fingerprint density at radius 1 is 0.319 bits per heavy atom. The van der Waals surface area contributed by atoms with E-state index in [4.69, 9.17) is 14.2 Å². The van der Waals surface area contributed by atoms with Crippen LogP contribution in [0.3, 0.4) is 0 Å². The number of allylic oxidation sites excluding steroid dienone is 18. The first-order valence-corrected chi connectivity index (χ1v) is 28.4. The second-order valence-electron chi connectivity index (χ2n) is 18.6. The van der Waals surface area contributed by atoms with Crippen molar-refractivity contribution in [2.75, 3.05) is 13.2 Å². The van der Waals surface area contributed by atoms with Gasteiger partial charge >= 0.3 is 17.9 Å². The molecule has 6 nitrogen and oxygen atoms in total. The summed E-state index contributed by atoms with van der Waals surface area (Å²) in [6.45, 7) is 6.43. The van der Waals surface area contributed by atoms with Crippen LogP contribution in [0.4, 0.5) is 0 Å². The van der Waals surface area contributed by atoms with Crippen LogP contribution in [0.2, 0.25) is 0 Å². The van der Waals surface area contributed by atoms with Crippen molar-refractivity contribution in [1.82, 2.24) is 0 Å². The van der Waals surface area contributed by atoms with Crippen molar-refractivity contribution < 1.29 is 28.6 Å². The minimum atomic E-state index is -0.819. The van der Waals surface area contributed by atoms with Crippen molar-refractivity contribution in [3.63, 3.8) is 0 Å². The van der Waals surface area contributed by atoms with E-state index >= 15 is 0 Å². The molecular formula is C63H104O6. The number of rotatable bonds is 50. The minimum absolute atomic E-state index is 0.108. The molecule has 0 bridgehead atoms. The molecule has 0 saturated carbocycles. The van der Waals surface area contributed by atoms with E-state index < -0.39 is 6.10 Å². The summed E-state index contributed by atoms with van der Waals surface area (Å²) in [6.07, 6.45) is 76.5. The van der Waals surface area contributed by atoms with Crippen molar-refractivity contribution in [3.8, 4) is 0 Å². The highest BCUT2D eigenvalue weighted by atomic mass is 16.6. The van der Waals surface area contributed by atoms with E-state index in [0.29, 0.717) is 19.3 Å². The lowest BCUT2D eigenvalue weighted by molar-refractivity contribution is -0.167. The number of ether oxygens (including phenoxy) is 3. The molecule has 0 fully saturated rings. The van der Waals surface area contributed by atoms with E-state index in [1.54, 1.807) is 0 Å². The molecule has 0 heterocycles. The van der Waals surface area contributed by atoms with Crippen LogP contribution < -0.4 is 0 Å². The third kappa shape index (κ3) is 54.9. The van der Waals surface area contributed by atoms with Crippen LogP contribution in [0.25, 0.3) is 0 Å². The maximum Gasteiger partial charge on any atom is 0.306 e. The molecule has 1 atom stereocenters. The third-order valence-electron chi connectivity index (χ3n) is 11.9. The molecule has 0 rings (SSSR count). The fourth-order valence-electron chi connectivity index (χ4n) is 7.61. The molecule has 0 aliphatic carbocycles. The van der Waals surface area contributed by atoms with Gasteiger partial charge in [0, 0.05) is 19.3 Å². The molecule has 6 heteroatoms. The van der Waals surface area contributed by atoms with Crippen LogP contribution in [-0.2, 0) is 28.6 Å². The first-order valence-electron chi connectivity index (χ1n) is 28.4. The van der Waals surface area contributed by atoms with Gasteiger partial charge in [-0.2, -0.15) is 0 Å². The van der Waals surface area contributed by atoms with Crippen LogP contribution in [0.1, 0.15) is 252 Å². The smallest absolute Gasteiger partial charge is 0.306 e. The lowest BCUT2D eigenvalue weighted by Crippen LogP contribution is -2.30. The van der Waals surface area contributed by atoms with Crippen LogP contribution in [0.15, 0.2) is 109 Å². The van der Waals surface area contributed by atoms with E-state index in [1.165, 1.54) is 103 Å². The lowest BCUT2D eigenvalue weighted by Gasteiger charge is -2.18. The molecule has 0 radical (unpaired) electrons. The molecule has 1 unspecified atom stereocenters. The molecule has 0 aromatic heterocycles. The van der Waals surface area contributed by atoms with Gasteiger partial charge in [-0.05, 0) is 83.5 Å². The van der Waals surface area contributed by atoms with Crippen LogP contribution in [0, 0.1) is 0 Å². The highest BCUT2D eigenvalue weighted by Crippen LogP contribution is 2.15. The predicted molar refractivity (Wildman–Crippen MR) is 297 cm³/mol. The van der Waals surface area contributed by atoms with Gasteiger partial charge < -0.3 is 14.2 Å². The summed E-state index contributed by atoms with van der Waals surface area (Å²) < 4.78 is 16.8. The minimum Gasteiger partial charge on any atom is -0.462 e. The molecule has 0 saturated heterocycles. The zero-order valence-corrected chi connectivity index (χ0v) is 44.8. The molecular weight excluding hydrogens is 853 g/mol. The quantitative estimate of drug-likeness (QED) is 0.0199. The summed E-state index contributed by atoms with van der Waals surface area (Å²) in [5.74, 6) is -0.989. The average molecular weight is 958 g/mol. The van der Waals surface area contributed by atoms with Gasteiger partial charge in [-0.3, -0.25) is 14.4 Å². The van der Waals surface area contributed by atoms with Gasteiger partial charge in [-0.1, -0.05) is 259 Å². The molecule has 0 N–H and O–H groups in total. The van der Waals surface area contributed by atoms with Gasteiger partial charge in [0.05, 0.1) is 0 Å². The standard InChI is InChI=1S/C63H104O6/c1-4-7-10-13-16-19-22-25-28-31-33-35-38-41-44-47-50-53-56-62(65)68-59-60(58-67-61(64)55-52-49-46-43-40-37-34-30-27-24-21-18-15-12-9-6-3)69-63(66)57-54-51-48-45-42-39-36-32-29-26-23-20-17-14-11-8-5-2/h8,11,16-17,19-20,22,25-26,28-29,31,33,35-36,39,45,48,60H,4-7,9-10,12-15,18,21,23-24,27,30,32,34,37-38,40-44,46-47,49-59H2,1-3H3/b11-8-,19-16-,20-17-,25-22-,29-26-,31-28-,35-33-,39-36-,48-45-. The maximum absolute atomic E-state index is 12.8. The van der Waals surface area contributed by atoms with Gasteiger partial charge in [-0.15, -0.1) is 0 Å². The summed E-state index contributed by atoms with van der Waals surface area (Å²) in [7, 11) is 0. The number of carbonyl (C=O) groups excluding carboxylic acids is 3. The van der Waals surface area contributed by atoms with E-state index in [-0.39, 0.29) is 37.5 Å². The Labute approximate surface area is 425 Å². The van der Waals surface area contributed by atoms with Gasteiger partial charge in [0.2, 0.25) is 0 Å². The Hall–Kier alpha value is -3.93. The molecule has 0 aromatic carbocycles. The van der Waals surface area contributed by atoms with Crippen LogP contribution in [-0.4, -0.2) is 37.2 Å². The average Bonchev–Trinajstić information content (AvgIpc) is 3.35. The second-order valence-corrected chi connectivity index (χ2v) is 18.6. The summed E-state index contributed by atoms with van der Waals surface area (Å²) in [4.78, 5) is 38.1. The van der Waals surface area contributed by atoms with E-state index in [9.17, 15) is 14.4 Å². The van der Waals surface area contributed by atoms with Crippen molar-refractivity contribution >= 4 is 17.9 Å². The molecule has 69 heavy (non-hydrogen) atoms. The predicted octanol–water partition coefficient (Wildman–Crippen LogP) is 19.1. The summed E-state index contributed by atoms with van der Waals surface area (Å²) in [6, 6.07) is 0. The van der Waals surface area contributed by atoms with E-state index in [2.05, 4.69) is 130 Å².